The van der Waals surface area contributed by atoms with E-state index in [-0.39, 0.29) is 0 Å². The van der Waals surface area contributed by atoms with E-state index in [1.54, 1.807) is 18.9 Å². The van der Waals surface area contributed by atoms with Gasteiger partial charge in [0.1, 0.15) is 11.5 Å². The zero-order chi connectivity index (χ0) is 15.4. The smallest absolute Gasteiger partial charge is 0.182 e. The predicted molar refractivity (Wildman–Crippen MR) is 81.9 cm³/mol. The van der Waals surface area contributed by atoms with Gasteiger partial charge in [-0.25, -0.2) is 4.68 Å². The van der Waals surface area contributed by atoms with Crippen molar-refractivity contribution >= 4 is 0 Å². The van der Waals surface area contributed by atoms with Crippen LogP contribution >= 0.6 is 0 Å². The largest absolute Gasteiger partial charge is 0.497 e. The summed E-state index contributed by atoms with van der Waals surface area (Å²) < 4.78 is 12.4. The van der Waals surface area contributed by atoms with Crippen molar-refractivity contribution in [1.29, 1.82) is 0 Å². The molecule has 2 aromatic carbocycles. The molecule has 3 rings (SSSR count). The molecular formula is C16H16N4O2. The molecule has 3 aromatic rings. The molecule has 0 aliphatic carbocycles. The molecular weight excluding hydrogens is 280 g/mol. The second-order valence-corrected chi connectivity index (χ2v) is 4.70. The van der Waals surface area contributed by atoms with E-state index in [2.05, 4.69) is 15.5 Å². The van der Waals surface area contributed by atoms with Gasteiger partial charge in [0, 0.05) is 17.2 Å². The van der Waals surface area contributed by atoms with Gasteiger partial charge in [-0.15, -0.1) is 5.10 Å². The van der Waals surface area contributed by atoms with Gasteiger partial charge in [0.15, 0.2) is 5.82 Å². The predicted octanol–water partition coefficient (Wildman–Crippen LogP) is 2.41. The number of rotatable bonds is 5. The van der Waals surface area contributed by atoms with E-state index < -0.39 is 0 Å². The number of benzene rings is 2. The highest BCUT2D eigenvalue weighted by Crippen LogP contribution is 2.26. The van der Waals surface area contributed by atoms with Crippen LogP contribution in [-0.4, -0.2) is 34.4 Å². The number of nitrogens with zero attached hydrogens (tertiary/aromatic N) is 4. The standard InChI is InChI=1S/C16H16N4O2/c1-21-14-9-8-13(15(10-14)22-2)11-20-16(17-18-19-20)12-6-4-3-5-7-12/h3-10H,11H2,1-2H3. The van der Waals surface area contributed by atoms with E-state index in [0.717, 1.165) is 28.5 Å². The minimum atomic E-state index is 0.518. The highest BCUT2D eigenvalue weighted by molar-refractivity contribution is 5.54. The van der Waals surface area contributed by atoms with Crippen LogP contribution in [0.5, 0.6) is 11.5 Å². The van der Waals surface area contributed by atoms with Gasteiger partial charge in [0.05, 0.1) is 20.8 Å². The van der Waals surface area contributed by atoms with Crippen LogP contribution in [0.25, 0.3) is 11.4 Å². The van der Waals surface area contributed by atoms with Crippen molar-refractivity contribution in [3.05, 3.63) is 54.1 Å². The summed E-state index contributed by atoms with van der Waals surface area (Å²) in [7, 11) is 3.26. The quantitative estimate of drug-likeness (QED) is 0.723. The summed E-state index contributed by atoms with van der Waals surface area (Å²) in [5.41, 5.74) is 1.95. The van der Waals surface area contributed by atoms with Crippen molar-refractivity contribution in [2.45, 2.75) is 6.54 Å². The summed E-state index contributed by atoms with van der Waals surface area (Å²) in [5, 5.41) is 12.0. The van der Waals surface area contributed by atoms with Gasteiger partial charge in [-0.3, -0.25) is 0 Å². The van der Waals surface area contributed by atoms with Crippen molar-refractivity contribution in [2.75, 3.05) is 14.2 Å². The SMILES string of the molecule is COc1ccc(Cn2nnnc2-c2ccccc2)c(OC)c1. The number of hydrogen-bond donors (Lipinski definition) is 0. The zero-order valence-corrected chi connectivity index (χ0v) is 12.4. The minimum absolute atomic E-state index is 0.518. The lowest BCUT2D eigenvalue weighted by Crippen LogP contribution is -2.06. The van der Waals surface area contributed by atoms with Crippen LogP contribution in [0.4, 0.5) is 0 Å². The number of ether oxygens (including phenoxy) is 2. The fourth-order valence-electron chi connectivity index (χ4n) is 2.25. The first-order valence-corrected chi connectivity index (χ1v) is 6.84. The zero-order valence-electron chi connectivity index (χ0n) is 12.4. The molecule has 0 atom stereocenters. The van der Waals surface area contributed by atoms with E-state index in [1.807, 2.05) is 48.5 Å². The van der Waals surface area contributed by atoms with Crippen LogP contribution < -0.4 is 9.47 Å². The van der Waals surface area contributed by atoms with Gasteiger partial charge in [-0.1, -0.05) is 30.3 Å². The van der Waals surface area contributed by atoms with E-state index in [9.17, 15) is 0 Å². The molecule has 6 heteroatoms. The van der Waals surface area contributed by atoms with Crippen molar-refractivity contribution in [1.82, 2.24) is 20.2 Å². The number of hydrogen-bond acceptors (Lipinski definition) is 5. The summed E-state index contributed by atoms with van der Waals surface area (Å²) >= 11 is 0. The molecule has 1 heterocycles. The molecule has 0 aliphatic heterocycles. The third kappa shape index (κ3) is 2.76. The van der Waals surface area contributed by atoms with Crippen molar-refractivity contribution in [3.8, 4) is 22.9 Å². The van der Waals surface area contributed by atoms with Gasteiger partial charge in [0.25, 0.3) is 0 Å². The monoisotopic (exact) mass is 296 g/mol. The number of tetrazole rings is 1. The van der Waals surface area contributed by atoms with Crippen LogP contribution in [0.2, 0.25) is 0 Å². The van der Waals surface area contributed by atoms with Gasteiger partial charge >= 0.3 is 0 Å². The summed E-state index contributed by atoms with van der Waals surface area (Å²) in [4.78, 5) is 0. The van der Waals surface area contributed by atoms with Gasteiger partial charge in [-0.2, -0.15) is 0 Å². The van der Waals surface area contributed by atoms with Crippen LogP contribution in [0.15, 0.2) is 48.5 Å². The molecule has 0 saturated carbocycles. The normalized spacial score (nSPS) is 10.5. The molecule has 0 spiro atoms. The molecule has 6 nitrogen and oxygen atoms in total. The Morgan fingerprint density at radius 3 is 2.55 bits per heavy atom. The summed E-state index contributed by atoms with van der Waals surface area (Å²) in [6.07, 6.45) is 0. The Hall–Kier alpha value is -2.89. The van der Waals surface area contributed by atoms with E-state index >= 15 is 0 Å². The number of methoxy groups -OCH3 is 2. The molecule has 0 amide bonds. The van der Waals surface area contributed by atoms with Gasteiger partial charge in [0.2, 0.25) is 0 Å². The molecule has 0 fully saturated rings. The lowest BCUT2D eigenvalue weighted by Gasteiger charge is -2.11. The Balaban J connectivity index is 1.93. The molecule has 0 saturated heterocycles. The molecule has 0 N–H and O–H groups in total. The van der Waals surface area contributed by atoms with Crippen molar-refractivity contribution in [2.24, 2.45) is 0 Å². The molecule has 0 radical (unpaired) electrons. The highest BCUT2D eigenvalue weighted by atomic mass is 16.5. The third-order valence-corrected chi connectivity index (χ3v) is 3.38. The molecule has 112 valence electrons. The lowest BCUT2D eigenvalue weighted by atomic mass is 10.1. The highest BCUT2D eigenvalue weighted by Gasteiger charge is 2.12. The fraction of sp³-hybridized carbons (Fsp3) is 0.188. The first-order valence-electron chi connectivity index (χ1n) is 6.84. The maximum atomic E-state index is 5.42. The Morgan fingerprint density at radius 1 is 1.00 bits per heavy atom. The van der Waals surface area contributed by atoms with Crippen LogP contribution in [0.3, 0.4) is 0 Å². The molecule has 0 bridgehead atoms. The number of aromatic nitrogens is 4. The Labute approximate surface area is 128 Å². The molecule has 22 heavy (non-hydrogen) atoms. The maximum absolute atomic E-state index is 5.42. The average Bonchev–Trinajstić information content (AvgIpc) is 3.04. The molecule has 0 unspecified atom stereocenters. The van der Waals surface area contributed by atoms with E-state index in [1.165, 1.54) is 0 Å². The van der Waals surface area contributed by atoms with Crippen LogP contribution in [-0.2, 0) is 6.54 Å². The second-order valence-electron chi connectivity index (χ2n) is 4.70. The Bertz CT molecular complexity index is 756. The van der Waals surface area contributed by atoms with Crippen LogP contribution in [0.1, 0.15) is 5.56 Å². The van der Waals surface area contributed by atoms with E-state index in [0.29, 0.717) is 6.54 Å². The summed E-state index contributed by atoms with van der Waals surface area (Å²) in [6, 6.07) is 15.5. The van der Waals surface area contributed by atoms with Crippen LogP contribution in [0, 0.1) is 0 Å². The van der Waals surface area contributed by atoms with Gasteiger partial charge < -0.3 is 9.47 Å². The second kappa shape index (κ2) is 6.26. The van der Waals surface area contributed by atoms with Crippen molar-refractivity contribution < 1.29 is 9.47 Å². The van der Waals surface area contributed by atoms with Crippen molar-refractivity contribution in [3.63, 3.8) is 0 Å². The third-order valence-electron chi connectivity index (χ3n) is 3.38. The fourth-order valence-corrected chi connectivity index (χ4v) is 2.25. The lowest BCUT2D eigenvalue weighted by molar-refractivity contribution is 0.389. The average molecular weight is 296 g/mol. The van der Waals surface area contributed by atoms with Gasteiger partial charge in [-0.05, 0) is 22.6 Å². The Morgan fingerprint density at radius 2 is 1.82 bits per heavy atom. The topological polar surface area (TPSA) is 62.1 Å². The molecule has 1 aromatic heterocycles. The first kappa shape index (κ1) is 14.1. The van der Waals surface area contributed by atoms with E-state index in [4.69, 9.17) is 9.47 Å². The first-order chi connectivity index (χ1) is 10.8. The molecule has 0 aliphatic rings. The maximum Gasteiger partial charge on any atom is 0.182 e. The summed E-state index contributed by atoms with van der Waals surface area (Å²) in [6.45, 7) is 0.518. The summed E-state index contributed by atoms with van der Waals surface area (Å²) in [5.74, 6) is 2.22. The minimum Gasteiger partial charge on any atom is -0.497 e. The Kier molecular flexibility index (Phi) is 4.00.